The van der Waals surface area contributed by atoms with Crippen molar-refractivity contribution in [3.05, 3.63) is 0 Å². The fourth-order valence-corrected chi connectivity index (χ4v) is 3.22. The summed E-state index contributed by atoms with van der Waals surface area (Å²) in [6, 6.07) is 0. The van der Waals surface area contributed by atoms with Gasteiger partial charge >= 0.3 is 5.97 Å². The monoisotopic (exact) mass is 298 g/mol. The minimum Gasteiger partial charge on any atom is -0.481 e. The number of rotatable bonds is 8. The Balaban J connectivity index is 2.61. The first-order valence-corrected chi connectivity index (χ1v) is 8.13. The van der Waals surface area contributed by atoms with Gasteiger partial charge in [0.05, 0.1) is 11.3 Å². The molecule has 122 valence electrons. The molecule has 5 heteroatoms. The maximum atomic E-state index is 12.6. The Kier molecular flexibility index (Phi) is 7.15. The zero-order chi connectivity index (χ0) is 15.9. The molecule has 21 heavy (non-hydrogen) atoms. The van der Waals surface area contributed by atoms with Crippen molar-refractivity contribution in [1.29, 1.82) is 0 Å². The maximum Gasteiger partial charge on any atom is 0.308 e. The molecular formula is C16H30N2O3. The number of hydrogen-bond donors (Lipinski definition) is 3. The van der Waals surface area contributed by atoms with Crippen LogP contribution in [0.2, 0.25) is 0 Å². The molecule has 5 nitrogen and oxygen atoms in total. The van der Waals surface area contributed by atoms with Gasteiger partial charge in [-0.05, 0) is 44.7 Å². The lowest BCUT2D eigenvalue weighted by molar-refractivity contribution is -0.142. The van der Waals surface area contributed by atoms with Gasteiger partial charge in [0, 0.05) is 6.54 Å². The standard InChI is InChI=1S/C16H30N2O3/c1-4-5-16(6-8-17-9-7-16)15(21)18-11-13(14(19)20)10-12(2)3/h12-13,17H,4-11H2,1-3H3,(H,18,21)(H,19,20). The quantitative estimate of drug-likeness (QED) is 0.640. The van der Waals surface area contributed by atoms with Crippen LogP contribution in [-0.4, -0.2) is 36.6 Å². The fraction of sp³-hybridized carbons (Fsp3) is 0.875. The van der Waals surface area contributed by atoms with Crippen LogP contribution in [0.3, 0.4) is 0 Å². The average Bonchev–Trinajstić information content (AvgIpc) is 2.43. The molecule has 0 radical (unpaired) electrons. The van der Waals surface area contributed by atoms with E-state index in [-0.39, 0.29) is 17.9 Å². The smallest absolute Gasteiger partial charge is 0.308 e. The summed E-state index contributed by atoms with van der Waals surface area (Å²) >= 11 is 0. The SMILES string of the molecule is CCCC1(C(=O)NCC(CC(C)C)C(=O)O)CCNCC1. The first-order valence-electron chi connectivity index (χ1n) is 8.13. The third-order valence-corrected chi connectivity index (χ3v) is 4.39. The van der Waals surface area contributed by atoms with Gasteiger partial charge in [0.2, 0.25) is 5.91 Å². The Hall–Kier alpha value is -1.10. The molecule has 0 bridgehead atoms. The van der Waals surface area contributed by atoms with Crippen LogP contribution in [0, 0.1) is 17.3 Å². The number of hydrogen-bond acceptors (Lipinski definition) is 3. The van der Waals surface area contributed by atoms with Crippen LogP contribution in [0.4, 0.5) is 0 Å². The second-order valence-corrected chi connectivity index (χ2v) is 6.66. The third kappa shape index (κ3) is 5.30. The average molecular weight is 298 g/mol. The van der Waals surface area contributed by atoms with Gasteiger partial charge in [-0.15, -0.1) is 0 Å². The molecule has 0 saturated carbocycles. The van der Waals surface area contributed by atoms with E-state index in [1.165, 1.54) is 0 Å². The molecule has 1 aliphatic rings. The number of carbonyl (C=O) groups excluding carboxylic acids is 1. The van der Waals surface area contributed by atoms with Gasteiger partial charge in [-0.2, -0.15) is 0 Å². The third-order valence-electron chi connectivity index (χ3n) is 4.39. The summed E-state index contributed by atoms with van der Waals surface area (Å²) in [4.78, 5) is 23.9. The minimum atomic E-state index is -0.821. The summed E-state index contributed by atoms with van der Waals surface area (Å²) in [6.45, 7) is 8.07. The van der Waals surface area contributed by atoms with Crippen molar-refractivity contribution >= 4 is 11.9 Å². The number of carboxylic acids is 1. The van der Waals surface area contributed by atoms with Crippen LogP contribution < -0.4 is 10.6 Å². The summed E-state index contributed by atoms with van der Waals surface area (Å²) < 4.78 is 0. The van der Waals surface area contributed by atoms with Crippen LogP contribution >= 0.6 is 0 Å². The molecule has 1 atom stereocenters. The van der Waals surface area contributed by atoms with E-state index >= 15 is 0 Å². The normalized spacial score (nSPS) is 19.2. The topological polar surface area (TPSA) is 78.4 Å². The van der Waals surface area contributed by atoms with Crippen LogP contribution in [0.5, 0.6) is 0 Å². The molecule has 0 aromatic rings. The van der Waals surface area contributed by atoms with E-state index < -0.39 is 11.9 Å². The van der Waals surface area contributed by atoms with Crippen molar-refractivity contribution in [1.82, 2.24) is 10.6 Å². The molecule has 0 aromatic heterocycles. The molecule has 1 amide bonds. The van der Waals surface area contributed by atoms with Gasteiger partial charge < -0.3 is 15.7 Å². The molecule has 0 aromatic carbocycles. The van der Waals surface area contributed by atoms with Crippen molar-refractivity contribution in [2.24, 2.45) is 17.3 Å². The lowest BCUT2D eigenvalue weighted by atomic mass is 9.74. The van der Waals surface area contributed by atoms with Crippen molar-refractivity contribution in [2.75, 3.05) is 19.6 Å². The molecule has 0 aliphatic carbocycles. The van der Waals surface area contributed by atoms with Gasteiger partial charge in [-0.25, -0.2) is 0 Å². The lowest BCUT2D eigenvalue weighted by Gasteiger charge is -2.36. The Morgan fingerprint density at radius 3 is 2.38 bits per heavy atom. The van der Waals surface area contributed by atoms with Crippen molar-refractivity contribution in [3.8, 4) is 0 Å². The Bertz CT molecular complexity index is 344. The van der Waals surface area contributed by atoms with Gasteiger partial charge in [0.25, 0.3) is 0 Å². The zero-order valence-electron chi connectivity index (χ0n) is 13.6. The second-order valence-electron chi connectivity index (χ2n) is 6.66. The summed E-state index contributed by atoms with van der Waals surface area (Å²) in [6.07, 6.45) is 4.13. The molecule has 1 rings (SSSR count). The first kappa shape index (κ1) is 18.0. The van der Waals surface area contributed by atoms with Gasteiger partial charge in [-0.3, -0.25) is 9.59 Å². The molecule has 0 spiro atoms. The second kappa shape index (κ2) is 8.37. The Morgan fingerprint density at radius 2 is 1.90 bits per heavy atom. The van der Waals surface area contributed by atoms with Crippen LogP contribution in [0.25, 0.3) is 0 Å². The minimum absolute atomic E-state index is 0.0425. The summed E-state index contributed by atoms with van der Waals surface area (Å²) in [5, 5.41) is 15.5. The van der Waals surface area contributed by atoms with E-state index in [4.69, 9.17) is 0 Å². The van der Waals surface area contributed by atoms with E-state index in [2.05, 4.69) is 17.6 Å². The van der Waals surface area contributed by atoms with E-state index in [1.54, 1.807) is 0 Å². The van der Waals surface area contributed by atoms with Crippen LogP contribution in [0.15, 0.2) is 0 Å². The number of amides is 1. The highest BCUT2D eigenvalue weighted by atomic mass is 16.4. The largest absolute Gasteiger partial charge is 0.481 e. The van der Waals surface area contributed by atoms with Crippen LogP contribution in [-0.2, 0) is 9.59 Å². The molecule has 1 heterocycles. The molecule has 1 aliphatic heterocycles. The number of carboxylic acid groups (broad SMARTS) is 1. The van der Waals surface area contributed by atoms with E-state index in [0.717, 1.165) is 38.8 Å². The summed E-state index contributed by atoms with van der Waals surface area (Å²) in [7, 11) is 0. The highest BCUT2D eigenvalue weighted by Crippen LogP contribution is 2.34. The van der Waals surface area contributed by atoms with Crippen LogP contribution in [0.1, 0.15) is 52.9 Å². The Morgan fingerprint density at radius 1 is 1.29 bits per heavy atom. The number of nitrogens with one attached hydrogen (secondary N) is 2. The predicted molar refractivity (Wildman–Crippen MR) is 83.0 cm³/mol. The fourth-order valence-electron chi connectivity index (χ4n) is 3.22. The van der Waals surface area contributed by atoms with E-state index in [0.29, 0.717) is 12.3 Å². The van der Waals surface area contributed by atoms with Crippen molar-refractivity contribution in [2.45, 2.75) is 52.9 Å². The van der Waals surface area contributed by atoms with Gasteiger partial charge in [0.1, 0.15) is 0 Å². The number of piperidine rings is 1. The first-order chi connectivity index (χ1) is 9.91. The Labute approximate surface area is 127 Å². The molecule has 3 N–H and O–H groups in total. The predicted octanol–water partition coefficient (Wildman–Crippen LogP) is 2.02. The summed E-state index contributed by atoms with van der Waals surface area (Å²) in [5.74, 6) is -0.958. The van der Waals surface area contributed by atoms with Crippen molar-refractivity contribution < 1.29 is 14.7 Å². The van der Waals surface area contributed by atoms with Gasteiger partial charge in [0.15, 0.2) is 0 Å². The molecular weight excluding hydrogens is 268 g/mol. The molecule has 1 unspecified atom stereocenters. The summed E-state index contributed by atoms with van der Waals surface area (Å²) in [5.41, 5.74) is -0.305. The lowest BCUT2D eigenvalue weighted by Crippen LogP contribution is -2.49. The molecule has 1 fully saturated rings. The molecule has 1 saturated heterocycles. The van der Waals surface area contributed by atoms with E-state index in [1.807, 2.05) is 13.8 Å². The zero-order valence-corrected chi connectivity index (χ0v) is 13.6. The van der Waals surface area contributed by atoms with Crippen molar-refractivity contribution in [3.63, 3.8) is 0 Å². The number of aliphatic carboxylic acids is 1. The highest BCUT2D eigenvalue weighted by molar-refractivity contribution is 5.83. The van der Waals surface area contributed by atoms with E-state index in [9.17, 15) is 14.7 Å². The highest BCUT2D eigenvalue weighted by Gasteiger charge is 2.38. The maximum absolute atomic E-state index is 12.6. The van der Waals surface area contributed by atoms with Gasteiger partial charge in [-0.1, -0.05) is 27.2 Å². The number of carbonyl (C=O) groups is 2.